The fourth-order valence-corrected chi connectivity index (χ4v) is 1.82. The van der Waals surface area contributed by atoms with Gasteiger partial charge in [-0.2, -0.15) is 0 Å². The van der Waals surface area contributed by atoms with Crippen LogP contribution in [0.5, 0.6) is 0 Å². The lowest BCUT2D eigenvalue weighted by Gasteiger charge is -2.32. The van der Waals surface area contributed by atoms with E-state index in [1.54, 1.807) is 12.1 Å². The van der Waals surface area contributed by atoms with Gasteiger partial charge in [0.1, 0.15) is 6.54 Å². The molecule has 3 nitrogen and oxygen atoms in total. The highest BCUT2D eigenvalue weighted by Crippen LogP contribution is 2.23. The highest BCUT2D eigenvalue weighted by atomic mass is 35.5. The van der Waals surface area contributed by atoms with Crippen molar-refractivity contribution in [2.45, 2.75) is 26.8 Å². The molecule has 0 fully saturated rings. The van der Waals surface area contributed by atoms with Crippen molar-refractivity contribution in [2.75, 3.05) is 11.4 Å². The molecule has 1 aromatic carbocycles. The molecule has 0 spiro atoms. The summed E-state index contributed by atoms with van der Waals surface area (Å²) >= 11 is 5.94. The molecule has 0 amide bonds. The molecule has 1 aromatic rings. The third kappa shape index (κ3) is 3.93. The number of carbonyl (C=O) groups is 1. The largest absolute Gasteiger partial charge is 0.480 e. The summed E-state index contributed by atoms with van der Waals surface area (Å²) < 4.78 is 0. The van der Waals surface area contributed by atoms with Crippen LogP contribution in [0.2, 0.25) is 5.02 Å². The second-order valence-electron chi connectivity index (χ2n) is 4.49. The van der Waals surface area contributed by atoms with Gasteiger partial charge in [0, 0.05) is 16.8 Å². The molecule has 0 aliphatic rings. The van der Waals surface area contributed by atoms with E-state index in [4.69, 9.17) is 16.7 Å². The summed E-state index contributed by atoms with van der Waals surface area (Å²) in [4.78, 5) is 12.8. The molecule has 1 unspecified atom stereocenters. The van der Waals surface area contributed by atoms with Crippen LogP contribution in [0.4, 0.5) is 5.69 Å². The second kappa shape index (κ2) is 5.92. The number of anilines is 1. The number of nitrogens with zero attached hydrogens (tertiary/aromatic N) is 1. The summed E-state index contributed by atoms with van der Waals surface area (Å²) in [6, 6.07) is 7.44. The van der Waals surface area contributed by atoms with Crippen LogP contribution < -0.4 is 4.90 Å². The van der Waals surface area contributed by atoms with Crippen LogP contribution >= 0.6 is 11.6 Å². The minimum Gasteiger partial charge on any atom is -0.480 e. The van der Waals surface area contributed by atoms with Gasteiger partial charge in [0.25, 0.3) is 0 Å². The maximum absolute atomic E-state index is 10.9. The Morgan fingerprint density at radius 1 is 1.41 bits per heavy atom. The van der Waals surface area contributed by atoms with Gasteiger partial charge >= 0.3 is 5.97 Å². The lowest BCUT2D eigenvalue weighted by molar-refractivity contribution is -0.135. The van der Waals surface area contributed by atoms with Gasteiger partial charge in [-0.05, 0) is 31.0 Å². The molecule has 0 aliphatic carbocycles. The molecule has 0 saturated heterocycles. The first-order chi connectivity index (χ1) is 7.91. The summed E-state index contributed by atoms with van der Waals surface area (Å²) in [5.41, 5.74) is 0.848. The van der Waals surface area contributed by atoms with Gasteiger partial charge in [-0.15, -0.1) is 0 Å². The van der Waals surface area contributed by atoms with Crippen LogP contribution in [0.1, 0.15) is 20.8 Å². The van der Waals surface area contributed by atoms with E-state index in [1.807, 2.05) is 24.0 Å². The fraction of sp³-hybridized carbons (Fsp3) is 0.462. The average Bonchev–Trinajstić information content (AvgIpc) is 2.24. The molecule has 0 radical (unpaired) electrons. The van der Waals surface area contributed by atoms with Gasteiger partial charge in [-0.25, -0.2) is 0 Å². The first kappa shape index (κ1) is 13.8. The quantitative estimate of drug-likeness (QED) is 0.878. The van der Waals surface area contributed by atoms with E-state index in [9.17, 15) is 4.79 Å². The van der Waals surface area contributed by atoms with Crippen molar-refractivity contribution in [1.29, 1.82) is 0 Å². The third-order valence-corrected chi connectivity index (χ3v) is 3.14. The van der Waals surface area contributed by atoms with Gasteiger partial charge in [0.05, 0.1) is 0 Å². The van der Waals surface area contributed by atoms with E-state index in [-0.39, 0.29) is 12.6 Å². The van der Waals surface area contributed by atoms with E-state index in [2.05, 4.69) is 13.8 Å². The van der Waals surface area contributed by atoms with Crippen molar-refractivity contribution >= 4 is 23.3 Å². The van der Waals surface area contributed by atoms with E-state index in [1.165, 1.54) is 0 Å². The number of hydrogen-bond acceptors (Lipinski definition) is 2. The Hall–Kier alpha value is -1.22. The first-order valence-corrected chi connectivity index (χ1v) is 6.03. The summed E-state index contributed by atoms with van der Waals surface area (Å²) in [7, 11) is 0. The summed E-state index contributed by atoms with van der Waals surface area (Å²) in [5, 5.41) is 9.59. The Morgan fingerprint density at radius 2 is 2.06 bits per heavy atom. The van der Waals surface area contributed by atoms with Crippen LogP contribution in [0.25, 0.3) is 0 Å². The van der Waals surface area contributed by atoms with Crippen molar-refractivity contribution in [2.24, 2.45) is 5.92 Å². The highest BCUT2D eigenvalue weighted by molar-refractivity contribution is 6.30. The number of carboxylic acid groups (broad SMARTS) is 1. The first-order valence-electron chi connectivity index (χ1n) is 5.66. The molecule has 17 heavy (non-hydrogen) atoms. The maximum Gasteiger partial charge on any atom is 0.323 e. The lowest BCUT2D eigenvalue weighted by Crippen LogP contribution is -2.40. The SMILES string of the molecule is CC(C)C(C)N(CC(=O)O)c1cccc(Cl)c1. The lowest BCUT2D eigenvalue weighted by atomic mass is 10.0. The molecule has 0 saturated carbocycles. The van der Waals surface area contributed by atoms with Crippen LogP contribution in [0.3, 0.4) is 0 Å². The van der Waals surface area contributed by atoms with Crippen LogP contribution in [0.15, 0.2) is 24.3 Å². The minimum atomic E-state index is -0.836. The maximum atomic E-state index is 10.9. The second-order valence-corrected chi connectivity index (χ2v) is 4.92. The normalized spacial score (nSPS) is 12.5. The summed E-state index contributed by atoms with van der Waals surface area (Å²) in [6.45, 7) is 6.16. The van der Waals surface area contributed by atoms with Gasteiger partial charge in [0.15, 0.2) is 0 Å². The fourth-order valence-electron chi connectivity index (χ4n) is 1.63. The minimum absolute atomic E-state index is 0.0142. The number of benzene rings is 1. The summed E-state index contributed by atoms with van der Waals surface area (Å²) in [6.07, 6.45) is 0. The Labute approximate surface area is 107 Å². The van der Waals surface area contributed by atoms with Crippen molar-refractivity contribution in [3.63, 3.8) is 0 Å². The zero-order chi connectivity index (χ0) is 13.0. The average molecular weight is 256 g/mol. The Balaban J connectivity index is 3.01. The predicted molar refractivity (Wildman–Crippen MR) is 70.7 cm³/mol. The molecule has 94 valence electrons. The zero-order valence-corrected chi connectivity index (χ0v) is 11.1. The molecule has 0 heterocycles. The molecule has 1 N–H and O–H groups in total. The van der Waals surface area contributed by atoms with E-state index < -0.39 is 5.97 Å². The molecule has 0 bridgehead atoms. The van der Waals surface area contributed by atoms with Crippen LogP contribution in [-0.4, -0.2) is 23.7 Å². The monoisotopic (exact) mass is 255 g/mol. The number of aliphatic carboxylic acids is 1. The Morgan fingerprint density at radius 3 is 2.53 bits per heavy atom. The topological polar surface area (TPSA) is 40.5 Å². The summed E-state index contributed by atoms with van der Waals surface area (Å²) in [5.74, 6) is -0.467. The number of carboxylic acids is 1. The van der Waals surface area contributed by atoms with Crippen LogP contribution in [-0.2, 0) is 4.79 Å². The van der Waals surface area contributed by atoms with Crippen LogP contribution in [0, 0.1) is 5.92 Å². The smallest absolute Gasteiger partial charge is 0.323 e. The predicted octanol–water partition coefficient (Wildman–Crippen LogP) is 3.28. The number of hydrogen-bond donors (Lipinski definition) is 1. The van der Waals surface area contributed by atoms with E-state index in [0.29, 0.717) is 10.9 Å². The molecule has 4 heteroatoms. The number of halogens is 1. The Bertz CT molecular complexity index is 393. The van der Waals surface area contributed by atoms with E-state index >= 15 is 0 Å². The van der Waals surface area contributed by atoms with Crippen molar-refractivity contribution in [1.82, 2.24) is 0 Å². The molecule has 1 rings (SSSR count). The zero-order valence-electron chi connectivity index (χ0n) is 10.4. The molecular weight excluding hydrogens is 238 g/mol. The van der Waals surface area contributed by atoms with E-state index in [0.717, 1.165) is 5.69 Å². The van der Waals surface area contributed by atoms with Gasteiger partial charge in [-0.3, -0.25) is 4.79 Å². The van der Waals surface area contributed by atoms with Crippen molar-refractivity contribution in [3.8, 4) is 0 Å². The van der Waals surface area contributed by atoms with Crippen molar-refractivity contribution in [3.05, 3.63) is 29.3 Å². The Kier molecular flexibility index (Phi) is 4.82. The molecular formula is C13H18ClNO2. The number of rotatable bonds is 5. The third-order valence-electron chi connectivity index (χ3n) is 2.90. The van der Waals surface area contributed by atoms with Gasteiger partial charge < -0.3 is 10.0 Å². The van der Waals surface area contributed by atoms with Gasteiger partial charge in [-0.1, -0.05) is 31.5 Å². The van der Waals surface area contributed by atoms with Gasteiger partial charge in [0.2, 0.25) is 0 Å². The standard InChI is InChI=1S/C13H18ClNO2/c1-9(2)10(3)15(8-13(16)17)12-6-4-5-11(14)7-12/h4-7,9-10H,8H2,1-3H3,(H,16,17). The molecule has 0 aromatic heterocycles. The molecule has 1 atom stereocenters. The molecule has 0 aliphatic heterocycles. The van der Waals surface area contributed by atoms with Crippen molar-refractivity contribution < 1.29 is 9.90 Å². The highest BCUT2D eigenvalue weighted by Gasteiger charge is 2.20.